The predicted molar refractivity (Wildman–Crippen MR) is 134 cm³/mol. The number of rotatable bonds is 2. The SMILES string of the molecule is C1=NC2=NCSC2=N1.O=C(Nc1ccccc1)c1ccccc1O.c1ccc2[nH]cnc2c1. The maximum Gasteiger partial charge on any atom is 0.259 e. The molecule has 0 spiro atoms. The number of aromatic amines is 1. The van der Waals surface area contributed by atoms with Gasteiger partial charge in [0.1, 0.15) is 17.1 Å². The molecular formula is C24H20N6O2S. The molecule has 33 heavy (non-hydrogen) atoms. The smallest absolute Gasteiger partial charge is 0.259 e. The van der Waals surface area contributed by atoms with Gasteiger partial charge in [0.05, 0.1) is 28.8 Å². The Morgan fingerprint density at radius 2 is 1.73 bits per heavy atom. The van der Waals surface area contributed by atoms with Crippen molar-refractivity contribution >= 4 is 51.6 Å². The molecule has 2 aliphatic rings. The fourth-order valence-corrected chi connectivity index (χ4v) is 3.56. The number of carbonyl (C=O) groups excluding carboxylic acids is 1. The number of carbonyl (C=O) groups is 1. The Hall–Kier alpha value is -4.24. The highest BCUT2D eigenvalue weighted by Crippen LogP contribution is 2.18. The van der Waals surface area contributed by atoms with E-state index in [0.717, 1.165) is 27.8 Å². The zero-order chi connectivity index (χ0) is 22.9. The molecule has 4 aromatic rings. The summed E-state index contributed by atoms with van der Waals surface area (Å²) < 4.78 is 0. The quantitative estimate of drug-likeness (QED) is 0.404. The minimum atomic E-state index is -0.315. The van der Waals surface area contributed by atoms with Gasteiger partial charge in [-0.3, -0.25) is 9.79 Å². The first-order valence-electron chi connectivity index (χ1n) is 10.0. The van der Waals surface area contributed by atoms with Crippen LogP contribution in [0.5, 0.6) is 5.75 Å². The van der Waals surface area contributed by atoms with Crippen LogP contribution in [0.2, 0.25) is 0 Å². The molecular weight excluding hydrogens is 436 g/mol. The number of thioether (sulfide) groups is 1. The van der Waals surface area contributed by atoms with Crippen molar-refractivity contribution in [2.45, 2.75) is 0 Å². The van der Waals surface area contributed by atoms with Gasteiger partial charge in [0.15, 0.2) is 5.84 Å². The van der Waals surface area contributed by atoms with Gasteiger partial charge in [0, 0.05) is 5.69 Å². The normalized spacial score (nSPS) is 13.1. The van der Waals surface area contributed by atoms with Gasteiger partial charge in [0.25, 0.3) is 5.91 Å². The van der Waals surface area contributed by atoms with Gasteiger partial charge in [0.2, 0.25) is 0 Å². The van der Waals surface area contributed by atoms with Gasteiger partial charge in [-0.2, -0.15) is 0 Å². The zero-order valence-electron chi connectivity index (χ0n) is 17.4. The van der Waals surface area contributed by atoms with Crippen molar-refractivity contribution in [3.05, 3.63) is 90.8 Å². The number of fused-ring (bicyclic) bond motifs is 2. The Bertz CT molecular complexity index is 1300. The van der Waals surface area contributed by atoms with Gasteiger partial charge < -0.3 is 15.4 Å². The minimum Gasteiger partial charge on any atom is -0.507 e. The van der Waals surface area contributed by atoms with E-state index in [1.165, 1.54) is 6.07 Å². The van der Waals surface area contributed by atoms with Crippen LogP contribution in [-0.2, 0) is 0 Å². The van der Waals surface area contributed by atoms with E-state index in [4.69, 9.17) is 0 Å². The number of hydrogen-bond acceptors (Lipinski definition) is 7. The molecule has 8 nitrogen and oxygen atoms in total. The Morgan fingerprint density at radius 3 is 2.52 bits per heavy atom. The molecule has 0 saturated carbocycles. The molecule has 3 aromatic carbocycles. The second-order valence-electron chi connectivity index (χ2n) is 6.69. The Morgan fingerprint density at radius 1 is 0.970 bits per heavy atom. The lowest BCUT2D eigenvalue weighted by atomic mass is 10.2. The highest BCUT2D eigenvalue weighted by atomic mass is 32.2. The summed E-state index contributed by atoms with van der Waals surface area (Å²) in [6, 6.07) is 23.5. The first kappa shape index (κ1) is 22.0. The van der Waals surface area contributed by atoms with Gasteiger partial charge in [-0.15, -0.1) is 0 Å². The van der Waals surface area contributed by atoms with E-state index >= 15 is 0 Å². The number of imidazole rings is 1. The highest BCUT2D eigenvalue weighted by molar-refractivity contribution is 8.16. The lowest BCUT2D eigenvalue weighted by Crippen LogP contribution is -2.11. The number of amidine groups is 1. The standard InChI is InChI=1S/C13H11NO2.C7H6N2.C4H3N3S/c15-12-9-5-4-8-11(12)13(16)14-10-6-2-1-3-7-10;1-2-4-7-6(3-1)8-5-9-7;1-5-3-4(6-1)8-2-7-3/h1-9,15H,(H,14,16);1-5H,(H,8,9);1H,2H2. The van der Waals surface area contributed by atoms with Crippen LogP contribution in [0, 0.1) is 0 Å². The molecule has 1 aromatic heterocycles. The maximum atomic E-state index is 11.8. The molecule has 9 heteroatoms. The monoisotopic (exact) mass is 456 g/mol. The number of hydrogen-bond donors (Lipinski definition) is 3. The summed E-state index contributed by atoms with van der Waals surface area (Å²) >= 11 is 1.63. The molecule has 0 aliphatic carbocycles. The third-order valence-electron chi connectivity index (χ3n) is 4.47. The van der Waals surface area contributed by atoms with E-state index in [1.54, 1.807) is 54.8 Å². The lowest BCUT2D eigenvalue weighted by molar-refractivity contribution is 0.102. The van der Waals surface area contributed by atoms with E-state index < -0.39 is 0 Å². The Labute approximate surface area is 194 Å². The molecule has 0 bridgehead atoms. The molecule has 0 unspecified atom stereocenters. The third kappa shape index (κ3) is 5.92. The van der Waals surface area contributed by atoms with E-state index in [0.29, 0.717) is 5.69 Å². The average molecular weight is 457 g/mol. The van der Waals surface area contributed by atoms with Gasteiger partial charge in [-0.05, 0) is 36.4 Å². The second-order valence-corrected chi connectivity index (χ2v) is 7.62. The number of aromatic hydroxyl groups is 1. The van der Waals surface area contributed by atoms with Crippen molar-refractivity contribution in [1.29, 1.82) is 0 Å². The number of aromatic nitrogens is 2. The molecule has 6 rings (SSSR count). The van der Waals surface area contributed by atoms with Crippen LogP contribution < -0.4 is 5.32 Å². The van der Waals surface area contributed by atoms with E-state index in [2.05, 4.69) is 30.3 Å². The number of nitrogens with one attached hydrogen (secondary N) is 2. The van der Waals surface area contributed by atoms with E-state index in [1.807, 2.05) is 42.5 Å². The number of H-pyrrole nitrogens is 1. The first-order valence-corrected chi connectivity index (χ1v) is 11.0. The Kier molecular flexibility index (Phi) is 7.24. The van der Waals surface area contributed by atoms with Crippen LogP contribution in [0.3, 0.4) is 0 Å². The van der Waals surface area contributed by atoms with Crippen molar-refractivity contribution in [1.82, 2.24) is 9.97 Å². The fourth-order valence-electron chi connectivity index (χ4n) is 2.88. The Balaban J connectivity index is 0.000000128. The molecule has 1 amide bonds. The molecule has 164 valence electrons. The van der Waals surface area contributed by atoms with Gasteiger partial charge in [-0.25, -0.2) is 15.0 Å². The van der Waals surface area contributed by atoms with Crippen LogP contribution >= 0.6 is 11.8 Å². The summed E-state index contributed by atoms with van der Waals surface area (Å²) in [6.45, 7) is 0. The first-order chi connectivity index (χ1) is 16.2. The summed E-state index contributed by atoms with van der Waals surface area (Å²) in [4.78, 5) is 30.7. The number of para-hydroxylation sites is 4. The molecule has 2 aliphatic heterocycles. The van der Waals surface area contributed by atoms with E-state index in [9.17, 15) is 9.90 Å². The minimum absolute atomic E-state index is 0.0177. The van der Waals surface area contributed by atoms with Crippen molar-refractivity contribution in [2.24, 2.45) is 15.0 Å². The summed E-state index contributed by atoms with van der Waals surface area (Å²) in [7, 11) is 0. The molecule has 0 radical (unpaired) electrons. The number of phenolic OH excluding ortho intramolecular Hbond substituents is 1. The molecule has 0 fully saturated rings. The number of nitrogens with zero attached hydrogens (tertiary/aromatic N) is 4. The number of aliphatic imine (C=N–C) groups is 3. The second kappa shape index (κ2) is 10.9. The van der Waals surface area contributed by atoms with Crippen molar-refractivity contribution in [3.8, 4) is 5.75 Å². The number of phenols is 1. The molecule has 0 saturated heterocycles. The fraction of sp³-hybridized carbons (Fsp3) is 0.0417. The highest BCUT2D eigenvalue weighted by Gasteiger charge is 2.16. The van der Waals surface area contributed by atoms with Crippen LogP contribution in [0.1, 0.15) is 10.4 Å². The predicted octanol–water partition coefficient (Wildman–Crippen LogP) is 4.74. The number of benzene rings is 3. The number of anilines is 1. The van der Waals surface area contributed by atoms with E-state index in [-0.39, 0.29) is 17.2 Å². The van der Waals surface area contributed by atoms with Crippen LogP contribution in [0.15, 0.2) is 100 Å². The van der Waals surface area contributed by atoms with Gasteiger partial charge in [-0.1, -0.05) is 54.2 Å². The molecule has 3 heterocycles. The summed E-state index contributed by atoms with van der Waals surface area (Å²) in [5.74, 6) is 1.28. The molecule has 0 atom stereocenters. The summed E-state index contributed by atoms with van der Waals surface area (Å²) in [6.07, 6.45) is 3.24. The van der Waals surface area contributed by atoms with Gasteiger partial charge >= 0.3 is 0 Å². The van der Waals surface area contributed by atoms with Crippen molar-refractivity contribution in [3.63, 3.8) is 0 Å². The maximum absolute atomic E-state index is 11.8. The molecule has 3 N–H and O–H groups in total. The van der Waals surface area contributed by atoms with Crippen LogP contribution in [0.4, 0.5) is 5.69 Å². The van der Waals surface area contributed by atoms with Crippen molar-refractivity contribution < 1.29 is 9.90 Å². The zero-order valence-corrected chi connectivity index (χ0v) is 18.2. The largest absolute Gasteiger partial charge is 0.507 e. The summed E-state index contributed by atoms with van der Waals surface area (Å²) in [5.41, 5.74) is 3.09. The average Bonchev–Trinajstić information content (AvgIpc) is 3.59. The van der Waals surface area contributed by atoms with Crippen LogP contribution in [-0.4, -0.2) is 44.1 Å². The third-order valence-corrected chi connectivity index (χ3v) is 5.29. The lowest BCUT2D eigenvalue weighted by Gasteiger charge is -2.05. The topological polar surface area (TPSA) is 115 Å². The number of amides is 1. The van der Waals surface area contributed by atoms with Crippen LogP contribution in [0.25, 0.3) is 11.0 Å². The summed E-state index contributed by atoms with van der Waals surface area (Å²) in [5, 5.41) is 13.2. The van der Waals surface area contributed by atoms with Crippen molar-refractivity contribution in [2.75, 3.05) is 11.2 Å².